The molecule has 2 aliphatic rings. The van der Waals surface area contributed by atoms with Crippen molar-refractivity contribution in [3.63, 3.8) is 0 Å². The van der Waals surface area contributed by atoms with Crippen molar-refractivity contribution in [2.45, 2.75) is 46.7 Å². The van der Waals surface area contributed by atoms with Crippen molar-refractivity contribution in [2.75, 3.05) is 0 Å². The van der Waals surface area contributed by atoms with Crippen LogP contribution in [0.4, 0.5) is 0 Å². The largest absolute Gasteiger partial charge is 0.387 e. The van der Waals surface area contributed by atoms with Crippen LogP contribution in [0, 0.1) is 0 Å². The van der Waals surface area contributed by atoms with Crippen LogP contribution in [-0.2, 0) is 4.74 Å². The lowest BCUT2D eigenvalue weighted by Crippen LogP contribution is -2.47. The van der Waals surface area contributed by atoms with Crippen molar-refractivity contribution in [3.05, 3.63) is 30.3 Å². The van der Waals surface area contributed by atoms with Crippen LogP contribution in [-0.4, -0.2) is 33.5 Å². The molecule has 1 N–H and O–H groups in total. The first-order valence-corrected chi connectivity index (χ1v) is 7.13. The van der Waals surface area contributed by atoms with Gasteiger partial charge in [0.1, 0.15) is 6.10 Å². The number of alkyl halides is 1. The summed E-state index contributed by atoms with van der Waals surface area (Å²) in [5, 5.41) is 10.2. The highest BCUT2D eigenvalue weighted by atomic mass is 35.5. The molecule has 4 heteroatoms. The average molecular weight is 271 g/mol. The van der Waals surface area contributed by atoms with Crippen LogP contribution >= 0.6 is 23.4 Å². The highest BCUT2D eigenvalue weighted by Gasteiger charge is 2.59. The molecule has 0 amide bonds. The van der Waals surface area contributed by atoms with Gasteiger partial charge in [-0.15, -0.1) is 23.4 Å². The number of benzene rings is 1. The fourth-order valence-corrected chi connectivity index (χ4v) is 4.55. The van der Waals surface area contributed by atoms with Gasteiger partial charge in [0.05, 0.1) is 22.3 Å². The van der Waals surface area contributed by atoms with E-state index in [0.717, 1.165) is 0 Å². The average Bonchev–Trinajstić information content (AvgIpc) is 2.76. The van der Waals surface area contributed by atoms with E-state index >= 15 is 0 Å². The Bertz CT molecular complexity index is 407. The summed E-state index contributed by atoms with van der Waals surface area (Å²) in [4.78, 5) is 1.21. The molecule has 5 atom stereocenters. The zero-order chi connectivity index (χ0) is 12.0. The molecule has 0 unspecified atom stereocenters. The molecule has 1 aromatic carbocycles. The number of hydrogen-bond donors (Lipinski definition) is 1. The van der Waals surface area contributed by atoms with Gasteiger partial charge in [-0.2, -0.15) is 0 Å². The van der Waals surface area contributed by atoms with Crippen molar-refractivity contribution in [1.29, 1.82) is 0 Å². The van der Waals surface area contributed by atoms with E-state index < -0.39 is 5.60 Å². The zero-order valence-corrected chi connectivity index (χ0v) is 11.1. The standard InChI is InChI=1S/C13H15ClO2S/c1-13(15)7-9-11(10(14)12(13)16-9)17-8-5-3-2-4-6-8/h2-6,9-12,15H,7H2,1H3/t9-,10+,11-,12-,13-/m0/s1. The van der Waals surface area contributed by atoms with E-state index in [9.17, 15) is 5.11 Å². The summed E-state index contributed by atoms with van der Waals surface area (Å²) in [7, 11) is 0. The lowest BCUT2D eigenvalue weighted by atomic mass is 9.86. The molecule has 0 radical (unpaired) electrons. The highest BCUT2D eigenvalue weighted by molar-refractivity contribution is 8.00. The Morgan fingerprint density at radius 1 is 1.41 bits per heavy atom. The van der Waals surface area contributed by atoms with E-state index in [1.54, 1.807) is 11.8 Å². The lowest BCUT2D eigenvalue weighted by Gasteiger charge is -2.32. The Labute approximate surface area is 110 Å². The van der Waals surface area contributed by atoms with Crippen LogP contribution < -0.4 is 0 Å². The quantitative estimate of drug-likeness (QED) is 0.838. The first kappa shape index (κ1) is 11.8. The fraction of sp³-hybridized carbons (Fsp3) is 0.538. The van der Waals surface area contributed by atoms with Gasteiger partial charge < -0.3 is 9.84 Å². The van der Waals surface area contributed by atoms with Gasteiger partial charge in [-0.05, 0) is 19.1 Å². The molecule has 0 saturated carbocycles. The van der Waals surface area contributed by atoms with E-state index in [-0.39, 0.29) is 22.8 Å². The minimum atomic E-state index is -0.759. The topological polar surface area (TPSA) is 29.5 Å². The summed E-state index contributed by atoms with van der Waals surface area (Å²) in [6.07, 6.45) is 0.531. The number of rotatable bonds is 2. The lowest BCUT2D eigenvalue weighted by molar-refractivity contribution is -0.0130. The SMILES string of the molecule is C[C@]1(O)C[C@@H]2O[C@H]1[C@H](Cl)[C@H]2Sc1ccccc1. The van der Waals surface area contributed by atoms with Crippen LogP contribution in [0.5, 0.6) is 0 Å². The van der Waals surface area contributed by atoms with Gasteiger partial charge in [0.25, 0.3) is 0 Å². The van der Waals surface area contributed by atoms with Gasteiger partial charge in [0.15, 0.2) is 0 Å². The number of halogens is 1. The maximum Gasteiger partial charge on any atom is 0.104 e. The molecule has 2 fully saturated rings. The van der Waals surface area contributed by atoms with Crippen LogP contribution in [0.2, 0.25) is 0 Å². The monoisotopic (exact) mass is 270 g/mol. The van der Waals surface area contributed by atoms with Gasteiger partial charge in [-0.1, -0.05) is 18.2 Å². The maximum atomic E-state index is 10.1. The van der Waals surface area contributed by atoms with Crippen molar-refractivity contribution < 1.29 is 9.84 Å². The third-order valence-corrected chi connectivity index (χ3v) is 5.60. The third-order valence-electron chi connectivity index (χ3n) is 3.53. The Morgan fingerprint density at radius 2 is 2.12 bits per heavy atom. The Balaban J connectivity index is 1.76. The molecular weight excluding hydrogens is 256 g/mol. The molecule has 2 aliphatic heterocycles. The molecule has 2 nitrogen and oxygen atoms in total. The predicted octanol–water partition coefficient (Wildman–Crippen LogP) is 2.68. The number of aliphatic hydroxyl groups is 1. The van der Waals surface area contributed by atoms with Crippen LogP contribution in [0.25, 0.3) is 0 Å². The van der Waals surface area contributed by atoms with Crippen molar-refractivity contribution in [1.82, 2.24) is 0 Å². The number of fused-ring (bicyclic) bond motifs is 2. The Hall–Kier alpha value is -0.220. The van der Waals surface area contributed by atoms with Gasteiger partial charge in [-0.3, -0.25) is 0 Å². The van der Waals surface area contributed by atoms with Gasteiger partial charge in [-0.25, -0.2) is 0 Å². The molecule has 0 aromatic heterocycles. The van der Waals surface area contributed by atoms with Gasteiger partial charge in [0, 0.05) is 11.3 Å². The molecule has 3 rings (SSSR count). The van der Waals surface area contributed by atoms with Gasteiger partial charge in [0.2, 0.25) is 0 Å². The summed E-state index contributed by atoms with van der Waals surface area (Å²) in [6.45, 7) is 1.82. The number of ether oxygens (including phenoxy) is 1. The van der Waals surface area contributed by atoms with Crippen LogP contribution in [0.1, 0.15) is 13.3 Å². The summed E-state index contributed by atoms with van der Waals surface area (Å²) in [6, 6.07) is 10.2. The van der Waals surface area contributed by atoms with Gasteiger partial charge >= 0.3 is 0 Å². The first-order chi connectivity index (χ1) is 8.08. The summed E-state index contributed by atoms with van der Waals surface area (Å²) < 4.78 is 5.78. The normalized spacial score (nSPS) is 44.2. The van der Waals surface area contributed by atoms with Crippen molar-refractivity contribution >= 4 is 23.4 Å². The smallest absolute Gasteiger partial charge is 0.104 e. The second-order valence-electron chi connectivity index (χ2n) is 5.00. The molecule has 92 valence electrons. The van der Waals surface area contributed by atoms with E-state index in [1.807, 2.05) is 25.1 Å². The minimum Gasteiger partial charge on any atom is -0.387 e. The second-order valence-corrected chi connectivity index (χ2v) is 6.75. The van der Waals surface area contributed by atoms with E-state index in [4.69, 9.17) is 16.3 Å². The minimum absolute atomic E-state index is 0.0720. The molecule has 0 spiro atoms. The summed E-state index contributed by atoms with van der Waals surface area (Å²) in [5.41, 5.74) is -0.759. The summed E-state index contributed by atoms with van der Waals surface area (Å²) >= 11 is 8.16. The molecule has 0 aliphatic carbocycles. The number of hydrogen-bond acceptors (Lipinski definition) is 3. The third kappa shape index (κ3) is 1.99. The van der Waals surface area contributed by atoms with Crippen LogP contribution in [0.3, 0.4) is 0 Å². The predicted molar refractivity (Wildman–Crippen MR) is 69.6 cm³/mol. The highest BCUT2D eigenvalue weighted by Crippen LogP contribution is 2.49. The molecule has 2 saturated heterocycles. The van der Waals surface area contributed by atoms with Crippen molar-refractivity contribution in [2.24, 2.45) is 0 Å². The molecule has 1 aromatic rings. The summed E-state index contributed by atoms with van der Waals surface area (Å²) in [5.74, 6) is 0. The maximum absolute atomic E-state index is 10.1. The zero-order valence-electron chi connectivity index (χ0n) is 9.54. The Kier molecular flexibility index (Phi) is 2.90. The van der Waals surface area contributed by atoms with Crippen molar-refractivity contribution in [3.8, 4) is 0 Å². The Morgan fingerprint density at radius 3 is 2.71 bits per heavy atom. The molecular formula is C13H15ClO2S. The first-order valence-electron chi connectivity index (χ1n) is 5.81. The number of thioether (sulfide) groups is 1. The van der Waals surface area contributed by atoms with Crippen LogP contribution in [0.15, 0.2) is 35.2 Å². The second kappa shape index (κ2) is 4.16. The molecule has 2 bridgehead atoms. The molecule has 2 heterocycles. The van der Waals surface area contributed by atoms with E-state index in [0.29, 0.717) is 6.42 Å². The fourth-order valence-electron chi connectivity index (χ4n) is 2.69. The van der Waals surface area contributed by atoms with E-state index in [1.165, 1.54) is 4.90 Å². The van der Waals surface area contributed by atoms with E-state index in [2.05, 4.69) is 12.1 Å². The molecule has 17 heavy (non-hydrogen) atoms.